The SMILES string of the molecule is CCOc1ccc(N=C2S[C@H](Cc3ccccc3OCc3ccccc3C#N)C(=O)N2CC)cc1. The normalized spacial score (nSPS) is 16.4. The molecule has 0 radical (unpaired) electrons. The van der Waals surface area contributed by atoms with Crippen LogP contribution in [0.4, 0.5) is 5.69 Å². The quantitative estimate of drug-likeness (QED) is 0.387. The first-order valence-electron chi connectivity index (χ1n) is 11.6. The lowest BCUT2D eigenvalue weighted by atomic mass is 10.1. The molecule has 0 bridgehead atoms. The number of nitriles is 1. The Morgan fingerprint density at radius 2 is 1.69 bits per heavy atom. The first-order valence-corrected chi connectivity index (χ1v) is 12.5. The van der Waals surface area contributed by atoms with Crippen molar-refractivity contribution in [1.29, 1.82) is 5.26 Å². The van der Waals surface area contributed by atoms with E-state index in [1.807, 2.05) is 80.6 Å². The first kappa shape index (κ1) is 24.4. The highest BCUT2D eigenvalue weighted by molar-refractivity contribution is 8.15. The van der Waals surface area contributed by atoms with Gasteiger partial charge in [-0.25, -0.2) is 4.99 Å². The molecule has 3 aromatic rings. The van der Waals surface area contributed by atoms with Crippen molar-refractivity contribution < 1.29 is 14.3 Å². The van der Waals surface area contributed by atoms with E-state index in [0.717, 1.165) is 22.6 Å². The Hall–Kier alpha value is -3.76. The fourth-order valence-electron chi connectivity index (χ4n) is 3.83. The topological polar surface area (TPSA) is 74.9 Å². The summed E-state index contributed by atoms with van der Waals surface area (Å²) in [5.74, 6) is 1.56. The van der Waals surface area contributed by atoms with Crippen LogP contribution < -0.4 is 9.47 Å². The third kappa shape index (κ3) is 5.84. The van der Waals surface area contributed by atoms with Crippen LogP contribution in [0.5, 0.6) is 11.5 Å². The van der Waals surface area contributed by atoms with E-state index < -0.39 is 0 Å². The minimum atomic E-state index is -0.285. The van der Waals surface area contributed by atoms with Crippen LogP contribution >= 0.6 is 11.8 Å². The van der Waals surface area contributed by atoms with Crippen LogP contribution in [0.3, 0.4) is 0 Å². The Morgan fingerprint density at radius 3 is 2.40 bits per heavy atom. The maximum atomic E-state index is 13.2. The van der Waals surface area contributed by atoms with E-state index in [9.17, 15) is 10.1 Å². The molecule has 1 saturated heterocycles. The number of amides is 1. The highest BCUT2D eigenvalue weighted by atomic mass is 32.2. The summed E-state index contributed by atoms with van der Waals surface area (Å²) in [4.78, 5) is 19.7. The Morgan fingerprint density at radius 1 is 0.971 bits per heavy atom. The van der Waals surface area contributed by atoms with Gasteiger partial charge in [0.1, 0.15) is 18.1 Å². The molecule has 0 aliphatic carbocycles. The van der Waals surface area contributed by atoms with E-state index in [0.29, 0.717) is 36.1 Å². The standard InChI is InChI=1S/C28H27N3O3S/c1-3-31-27(32)26(35-28(31)30-23-13-15-24(16-14-23)33-4-2)17-20-9-7-8-12-25(20)34-19-22-11-6-5-10-21(22)18-29/h5-16,26H,3-4,17,19H2,1-2H3/t26-/m1/s1. The number of hydrogen-bond acceptors (Lipinski definition) is 6. The second kappa shape index (κ2) is 11.6. The summed E-state index contributed by atoms with van der Waals surface area (Å²) >= 11 is 1.48. The summed E-state index contributed by atoms with van der Waals surface area (Å²) in [5.41, 5.74) is 3.16. The predicted molar refractivity (Wildman–Crippen MR) is 139 cm³/mol. The van der Waals surface area contributed by atoms with E-state index in [-0.39, 0.29) is 17.8 Å². The monoisotopic (exact) mass is 485 g/mol. The zero-order chi connectivity index (χ0) is 24.6. The molecule has 4 rings (SSSR count). The largest absolute Gasteiger partial charge is 0.494 e. The number of aliphatic imine (C=N–C) groups is 1. The number of rotatable bonds is 9. The zero-order valence-electron chi connectivity index (χ0n) is 19.8. The van der Waals surface area contributed by atoms with Crippen LogP contribution in [0.1, 0.15) is 30.5 Å². The van der Waals surface area contributed by atoms with Gasteiger partial charge in [-0.1, -0.05) is 48.2 Å². The molecule has 6 nitrogen and oxygen atoms in total. The van der Waals surface area contributed by atoms with Crippen molar-refractivity contribution >= 4 is 28.5 Å². The number of hydrogen-bond donors (Lipinski definition) is 0. The molecule has 0 saturated carbocycles. The van der Waals surface area contributed by atoms with Gasteiger partial charge in [0.05, 0.1) is 29.2 Å². The number of thioether (sulfide) groups is 1. The van der Waals surface area contributed by atoms with Crippen LogP contribution in [0.25, 0.3) is 0 Å². The lowest BCUT2D eigenvalue weighted by Gasteiger charge is -2.15. The van der Waals surface area contributed by atoms with E-state index >= 15 is 0 Å². The minimum absolute atomic E-state index is 0.0480. The van der Waals surface area contributed by atoms with Gasteiger partial charge in [-0.15, -0.1) is 0 Å². The van der Waals surface area contributed by atoms with E-state index in [4.69, 9.17) is 14.5 Å². The van der Waals surface area contributed by atoms with Crippen LogP contribution in [0, 0.1) is 11.3 Å². The fraction of sp³-hybridized carbons (Fsp3) is 0.250. The number of ether oxygens (including phenoxy) is 2. The third-order valence-electron chi connectivity index (χ3n) is 5.61. The molecule has 0 spiro atoms. The number of nitrogens with zero attached hydrogens (tertiary/aromatic N) is 3. The van der Waals surface area contributed by atoms with E-state index in [2.05, 4.69) is 6.07 Å². The van der Waals surface area contributed by atoms with Crippen molar-refractivity contribution in [2.24, 2.45) is 4.99 Å². The van der Waals surface area contributed by atoms with Crippen molar-refractivity contribution in [3.05, 3.63) is 89.5 Å². The van der Waals surface area contributed by atoms with Crippen LogP contribution in [-0.4, -0.2) is 34.4 Å². The zero-order valence-corrected chi connectivity index (χ0v) is 20.6. The molecule has 1 heterocycles. The van der Waals surface area contributed by atoms with E-state index in [1.165, 1.54) is 11.8 Å². The van der Waals surface area contributed by atoms with Gasteiger partial charge in [-0.05, 0) is 62.2 Å². The molecule has 178 valence electrons. The van der Waals surface area contributed by atoms with Gasteiger partial charge >= 0.3 is 0 Å². The number of carbonyl (C=O) groups excluding carboxylic acids is 1. The number of carbonyl (C=O) groups is 1. The highest BCUT2D eigenvalue weighted by Crippen LogP contribution is 2.34. The molecule has 35 heavy (non-hydrogen) atoms. The number of benzene rings is 3. The molecule has 1 amide bonds. The predicted octanol–water partition coefficient (Wildman–Crippen LogP) is 5.73. The maximum absolute atomic E-state index is 13.2. The van der Waals surface area contributed by atoms with Gasteiger partial charge in [-0.2, -0.15) is 5.26 Å². The lowest BCUT2D eigenvalue weighted by molar-refractivity contribution is -0.126. The number of para-hydroxylation sites is 1. The average Bonchev–Trinajstić information content (AvgIpc) is 3.18. The average molecular weight is 486 g/mol. The van der Waals surface area contributed by atoms with Crippen LogP contribution in [0.15, 0.2) is 77.8 Å². The molecule has 0 aromatic heterocycles. The Kier molecular flexibility index (Phi) is 8.07. The molecule has 0 N–H and O–H groups in total. The van der Waals surface area contributed by atoms with Gasteiger partial charge in [0.15, 0.2) is 5.17 Å². The molecule has 1 aliphatic heterocycles. The van der Waals surface area contributed by atoms with Crippen molar-refractivity contribution in [1.82, 2.24) is 4.90 Å². The summed E-state index contributed by atoms with van der Waals surface area (Å²) in [6.45, 7) is 5.36. The van der Waals surface area contributed by atoms with Crippen molar-refractivity contribution in [3.8, 4) is 17.6 Å². The second-order valence-electron chi connectivity index (χ2n) is 7.88. The molecular weight excluding hydrogens is 458 g/mol. The van der Waals surface area contributed by atoms with E-state index in [1.54, 1.807) is 11.0 Å². The Bertz CT molecular complexity index is 1250. The first-order chi connectivity index (χ1) is 17.1. The molecule has 1 aliphatic rings. The summed E-state index contributed by atoms with van der Waals surface area (Å²) < 4.78 is 11.6. The second-order valence-corrected chi connectivity index (χ2v) is 9.05. The molecule has 7 heteroatoms. The van der Waals surface area contributed by atoms with Gasteiger partial charge < -0.3 is 9.47 Å². The highest BCUT2D eigenvalue weighted by Gasteiger charge is 2.37. The van der Waals surface area contributed by atoms with Crippen molar-refractivity contribution in [2.75, 3.05) is 13.2 Å². The smallest absolute Gasteiger partial charge is 0.242 e. The summed E-state index contributed by atoms with van der Waals surface area (Å²) in [5, 5.41) is 9.75. The van der Waals surface area contributed by atoms with Crippen LogP contribution in [-0.2, 0) is 17.8 Å². The van der Waals surface area contributed by atoms with Gasteiger partial charge in [-0.3, -0.25) is 9.69 Å². The molecule has 3 aromatic carbocycles. The Balaban J connectivity index is 1.49. The summed E-state index contributed by atoms with van der Waals surface area (Å²) in [7, 11) is 0. The van der Waals surface area contributed by atoms with Gasteiger partial charge in [0.25, 0.3) is 0 Å². The van der Waals surface area contributed by atoms with Crippen molar-refractivity contribution in [2.45, 2.75) is 32.1 Å². The molecule has 1 atom stereocenters. The lowest BCUT2D eigenvalue weighted by Crippen LogP contribution is -2.32. The third-order valence-corrected chi connectivity index (χ3v) is 6.78. The van der Waals surface area contributed by atoms with Crippen molar-refractivity contribution in [3.63, 3.8) is 0 Å². The summed E-state index contributed by atoms with van der Waals surface area (Å²) in [6.07, 6.45) is 0.526. The Labute approximate surface area is 210 Å². The molecule has 1 fully saturated rings. The molecular formula is C28H27N3O3S. The van der Waals surface area contributed by atoms with Gasteiger partial charge in [0.2, 0.25) is 5.91 Å². The maximum Gasteiger partial charge on any atom is 0.242 e. The van der Waals surface area contributed by atoms with Crippen LogP contribution in [0.2, 0.25) is 0 Å². The number of amidine groups is 1. The minimum Gasteiger partial charge on any atom is -0.494 e. The fourth-order valence-corrected chi connectivity index (χ4v) is 5.08. The van der Waals surface area contributed by atoms with Gasteiger partial charge in [0, 0.05) is 12.1 Å². The molecule has 0 unspecified atom stereocenters. The summed E-state index contributed by atoms with van der Waals surface area (Å²) in [6, 6.07) is 24.9.